The molecule has 1 aromatic rings. The highest BCUT2D eigenvalue weighted by Gasteiger charge is 2.05. The predicted molar refractivity (Wildman–Crippen MR) is 58.5 cm³/mol. The van der Waals surface area contributed by atoms with Crippen LogP contribution in [0.1, 0.15) is 31.0 Å². The molecule has 0 aliphatic carbocycles. The third-order valence-electron chi connectivity index (χ3n) is 1.68. The molecule has 4 heteroatoms. The van der Waals surface area contributed by atoms with Gasteiger partial charge in [-0.25, -0.2) is 4.98 Å². The summed E-state index contributed by atoms with van der Waals surface area (Å²) >= 11 is 1.62. The van der Waals surface area contributed by atoms with E-state index >= 15 is 0 Å². The Morgan fingerprint density at radius 3 is 2.86 bits per heavy atom. The molecule has 1 heterocycles. The molecule has 0 aromatic carbocycles. The van der Waals surface area contributed by atoms with Crippen molar-refractivity contribution in [2.75, 3.05) is 0 Å². The molecule has 0 aliphatic heterocycles. The van der Waals surface area contributed by atoms with E-state index in [0.29, 0.717) is 6.42 Å². The lowest BCUT2D eigenvalue weighted by Gasteiger charge is -2.06. The molecule has 78 valence electrons. The SMILES string of the molecule is Cc1csc(CCC(=O)NC(C)C)n1. The van der Waals surface area contributed by atoms with Crippen molar-refractivity contribution in [2.45, 2.75) is 39.7 Å². The van der Waals surface area contributed by atoms with Gasteiger partial charge < -0.3 is 5.32 Å². The topological polar surface area (TPSA) is 42.0 Å². The minimum Gasteiger partial charge on any atom is -0.354 e. The zero-order valence-corrected chi connectivity index (χ0v) is 9.65. The van der Waals surface area contributed by atoms with Crippen molar-refractivity contribution >= 4 is 17.2 Å². The highest BCUT2D eigenvalue weighted by atomic mass is 32.1. The molecule has 0 spiro atoms. The normalized spacial score (nSPS) is 10.6. The number of hydrogen-bond donors (Lipinski definition) is 1. The van der Waals surface area contributed by atoms with E-state index in [2.05, 4.69) is 10.3 Å². The van der Waals surface area contributed by atoms with Crippen molar-refractivity contribution in [3.8, 4) is 0 Å². The number of rotatable bonds is 4. The summed E-state index contributed by atoms with van der Waals surface area (Å²) in [6.07, 6.45) is 1.28. The number of carbonyl (C=O) groups is 1. The van der Waals surface area contributed by atoms with Gasteiger partial charge in [-0.15, -0.1) is 11.3 Å². The molecule has 0 radical (unpaired) electrons. The van der Waals surface area contributed by atoms with E-state index in [-0.39, 0.29) is 11.9 Å². The van der Waals surface area contributed by atoms with E-state index in [9.17, 15) is 4.79 Å². The first kappa shape index (κ1) is 11.2. The molecule has 0 aliphatic rings. The van der Waals surface area contributed by atoms with Gasteiger partial charge in [-0.3, -0.25) is 4.79 Å². The lowest BCUT2D eigenvalue weighted by atomic mass is 10.3. The maximum Gasteiger partial charge on any atom is 0.220 e. The fraction of sp³-hybridized carbons (Fsp3) is 0.600. The Morgan fingerprint density at radius 2 is 2.36 bits per heavy atom. The molecule has 1 amide bonds. The number of amides is 1. The number of aryl methyl sites for hydroxylation is 2. The number of aromatic nitrogens is 1. The summed E-state index contributed by atoms with van der Waals surface area (Å²) in [7, 11) is 0. The molecule has 1 rings (SSSR count). The highest BCUT2D eigenvalue weighted by Crippen LogP contribution is 2.10. The Morgan fingerprint density at radius 1 is 1.64 bits per heavy atom. The van der Waals surface area contributed by atoms with E-state index in [0.717, 1.165) is 17.1 Å². The Bertz CT molecular complexity index is 307. The first-order chi connectivity index (χ1) is 6.58. The van der Waals surface area contributed by atoms with Gasteiger partial charge in [0.1, 0.15) is 0 Å². The van der Waals surface area contributed by atoms with Crippen LogP contribution in [0.4, 0.5) is 0 Å². The van der Waals surface area contributed by atoms with Crippen LogP contribution in [0.25, 0.3) is 0 Å². The third-order valence-corrected chi connectivity index (χ3v) is 2.71. The van der Waals surface area contributed by atoms with Gasteiger partial charge in [-0.05, 0) is 20.8 Å². The maximum absolute atomic E-state index is 11.3. The molecule has 0 fully saturated rings. The number of nitrogens with one attached hydrogen (secondary N) is 1. The molecule has 14 heavy (non-hydrogen) atoms. The Balaban J connectivity index is 2.30. The van der Waals surface area contributed by atoms with Crippen LogP contribution in [-0.2, 0) is 11.2 Å². The van der Waals surface area contributed by atoms with Crippen LogP contribution in [0.5, 0.6) is 0 Å². The number of carbonyl (C=O) groups excluding carboxylic acids is 1. The highest BCUT2D eigenvalue weighted by molar-refractivity contribution is 7.09. The zero-order chi connectivity index (χ0) is 10.6. The molecular formula is C10H16N2OS. The van der Waals surface area contributed by atoms with Crippen LogP contribution < -0.4 is 5.32 Å². The van der Waals surface area contributed by atoms with Crippen LogP contribution in [0.3, 0.4) is 0 Å². The maximum atomic E-state index is 11.3. The lowest BCUT2D eigenvalue weighted by molar-refractivity contribution is -0.121. The van der Waals surface area contributed by atoms with Gasteiger partial charge in [0.15, 0.2) is 0 Å². The Kier molecular flexibility index (Phi) is 4.07. The number of nitrogens with zero attached hydrogens (tertiary/aromatic N) is 1. The smallest absolute Gasteiger partial charge is 0.220 e. The van der Waals surface area contributed by atoms with Gasteiger partial charge in [0, 0.05) is 30.0 Å². The number of thiazole rings is 1. The van der Waals surface area contributed by atoms with Crippen LogP contribution in [-0.4, -0.2) is 16.9 Å². The fourth-order valence-electron chi connectivity index (χ4n) is 1.13. The molecule has 0 saturated carbocycles. The van der Waals surface area contributed by atoms with Crippen LogP contribution in [0.2, 0.25) is 0 Å². The molecule has 1 aromatic heterocycles. The standard InChI is InChI=1S/C10H16N2OS/c1-7(2)11-9(13)4-5-10-12-8(3)6-14-10/h6-7H,4-5H2,1-3H3,(H,11,13). The quantitative estimate of drug-likeness (QED) is 0.828. The lowest BCUT2D eigenvalue weighted by Crippen LogP contribution is -2.30. The van der Waals surface area contributed by atoms with Crippen molar-refractivity contribution < 1.29 is 4.79 Å². The van der Waals surface area contributed by atoms with Gasteiger partial charge in [0.05, 0.1) is 5.01 Å². The molecule has 0 unspecified atom stereocenters. The first-order valence-corrected chi connectivity index (χ1v) is 5.66. The van der Waals surface area contributed by atoms with Crippen molar-refractivity contribution in [3.05, 3.63) is 16.1 Å². The molecule has 0 atom stereocenters. The zero-order valence-electron chi connectivity index (χ0n) is 8.83. The molecule has 3 nitrogen and oxygen atoms in total. The second-order valence-corrected chi connectivity index (χ2v) is 4.55. The van der Waals surface area contributed by atoms with Crippen LogP contribution in [0, 0.1) is 6.92 Å². The van der Waals surface area contributed by atoms with Gasteiger partial charge in [-0.2, -0.15) is 0 Å². The molecule has 0 saturated heterocycles. The van der Waals surface area contributed by atoms with Crippen molar-refractivity contribution in [2.24, 2.45) is 0 Å². The largest absolute Gasteiger partial charge is 0.354 e. The minimum absolute atomic E-state index is 0.104. The van der Waals surface area contributed by atoms with Gasteiger partial charge >= 0.3 is 0 Å². The van der Waals surface area contributed by atoms with E-state index in [1.165, 1.54) is 0 Å². The van der Waals surface area contributed by atoms with E-state index in [1.54, 1.807) is 11.3 Å². The Labute approximate surface area is 88.6 Å². The monoisotopic (exact) mass is 212 g/mol. The Hall–Kier alpha value is -0.900. The molecule has 0 bridgehead atoms. The van der Waals surface area contributed by atoms with E-state index in [4.69, 9.17) is 0 Å². The summed E-state index contributed by atoms with van der Waals surface area (Å²) in [5.41, 5.74) is 1.04. The second-order valence-electron chi connectivity index (χ2n) is 3.60. The summed E-state index contributed by atoms with van der Waals surface area (Å²) in [4.78, 5) is 15.6. The summed E-state index contributed by atoms with van der Waals surface area (Å²) in [5.74, 6) is 0.104. The minimum atomic E-state index is 0.104. The van der Waals surface area contributed by atoms with Gasteiger partial charge in [-0.1, -0.05) is 0 Å². The summed E-state index contributed by atoms with van der Waals surface area (Å²) in [6, 6.07) is 0.223. The van der Waals surface area contributed by atoms with Crippen molar-refractivity contribution in [1.29, 1.82) is 0 Å². The molecular weight excluding hydrogens is 196 g/mol. The average Bonchev–Trinajstić information content (AvgIpc) is 2.47. The van der Waals surface area contributed by atoms with Crippen molar-refractivity contribution in [1.82, 2.24) is 10.3 Å². The fourth-order valence-corrected chi connectivity index (χ4v) is 1.91. The summed E-state index contributed by atoms with van der Waals surface area (Å²) in [6.45, 7) is 5.89. The summed E-state index contributed by atoms with van der Waals surface area (Å²) in [5, 5.41) is 5.91. The van der Waals surface area contributed by atoms with E-state index in [1.807, 2.05) is 26.2 Å². The second kappa shape index (κ2) is 5.10. The third kappa shape index (κ3) is 3.87. The predicted octanol–water partition coefficient (Wildman–Crippen LogP) is 1.91. The van der Waals surface area contributed by atoms with Crippen LogP contribution >= 0.6 is 11.3 Å². The van der Waals surface area contributed by atoms with Gasteiger partial charge in [0.2, 0.25) is 5.91 Å². The first-order valence-electron chi connectivity index (χ1n) is 4.78. The number of hydrogen-bond acceptors (Lipinski definition) is 3. The van der Waals surface area contributed by atoms with Crippen LogP contribution in [0.15, 0.2) is 5.38 Å². The summed E-state index contributed by atoms with van der Waals surface area (Å²) < 4.78 is 0. The average molecular weight is 212 g/mol. The van der Waals surface area contributed by atoms with E-state index < -0.39 is 0 Å². The van der Waals surface area contributed by atoms with Gasteiger partial charge in [0.25, 0.3) is 0 Å². The molecule has 1 N–H and O–H groups in total. The van der Waals surface area contributed by atoms with Crippen molar-refractivity contribution in [3.63, 3.8) is 0 Å².